The molecule has 1 aromatic carbocycles. The predicted molar refractivity (Wildman–Crippen MR) is 85.8 cm³/mol. The molecule has 25 heavy (non-hydrogen) atoms. The monoisotopic (exact) mass is 351 g/mol. The summed E-state index contributed by atoms with van der Waals surface area (Å²) in [5, 5.41) is 6.28. The Kier molecular flexibility index (Phi) is 5.84. The minimum atomic E-state index is -0.945. The van der Waals surface area contributed by atoms with Crippen molar-refractivity contribution in [1.29, 1.82) is 0 Å². The Morgan fingerprint density at radius 1 is 1.28 bits per heavy atom. The van der Waals surface area contributed by atoms with Crippen LogP contribution in [-0.4, -0.2) is 35.5 Å². The topological polar surface area (TPSA) is 75.4 Å². The smallest absolute Gasteiger partial charge is 0.254 e. The zero-order valence-corrected chi connectivity index (χ0v) is 14.2. The Morgan fingerprint density at radius 3 is 2.60 bits per heavy atom. The van der Waals surface area contributed by atoms with Crippen molar-refractivity contribution in [2.24, 2.45) is 0 Å². The summed E-state index contributed by atoms with van der Waals surface area (Å²) in [7, 11) is 1.63. The molecule has 0 saturated heterocycles. The zero-order chi connectivity index (χ0) is 18.6. The number of halogens is 2. The average molecular weight is 351 g/mol. The van der Waals surface area contributed by atoms with Gasteiger partial charge in [-0.1, -0.05) is 5.16 Å². The molecule has 2 rings (SSSR count). The summed E-state index contributed by atoms with van der Waals surface area (Å²) in [4.78, 5) is 25.5. The van der Waals surface area contributed by atoms with Crippen LogP contribution < -0.4 is 5.32 Å². The van der Waals surface area contributed by atoms with Crippen LogP contribution in [0.2, 0.25) is 0 Å². The van der Waals surface area contributed by atoms with E-state index in [4.69, 9.17) is 4.52 Å². The van der Waals surface area contributed by atoms with Crippen molar-refractivity contribution in [2.75, 3.05) is 13.6 Å². The van der Waals surface area contributed by atoms with Crippen LogP contribution >= 0.6 is 0 Å². The summed E-state index contributed by atoms with van der Waals surface area (Å²) < 4.78 is 31.4. The van der Waals surface area contributed by atoms with Crippen molar-refractivity contribution in [3.63, 3.8) is 0 Å². The first-order chi connectivity index (χ1) is 11.8. The van der Waals surface area contributed by atoms with E-state index in [0.717, 1.165) is 23.4 Å². The van der Waals surface area contributed by atoms with Gasteiger partial charge in [0.05, 0.1) is 17.8 Å². The number of amides is 2. The molecule has 2 amide bonds. The van der Waals surface area contributed by atoms with Crippen LogP contribution in [0.1, 0.15) is 33.8 Å². The van der Waals surface area contributed by atoms with Crippen molar-refractivity contribution in [1.82, 2.24) is 15.4 Å². The number of hydrogen-bond acceptors (Lipinski definition) is 4. The lowest BCUT2D eigenvalue weighted by Crippen LogP contribution is -2.32. The molecule has 8 heteroatoms. The summed E-state index contributed by atoms with van der Waals surface area (Å²) in [6, 6.07) is 2.70. The van der Waals surface area contributed by atoms with Crippen LogP contribution in [0.15, 0.2) is 22.7 Å². The highest BCUT2D eigenvalue weighted by molar-refractivity contribution is 5.94. The van der Waals surface area contributed by atoms with E-state index in [2.05, 4.69) is 10.5 Å². The summed E-state index contributed by atoms with van der Waals surface area (Å²) in [5.41, 5.74) is 1.29. The fourth-order valence-electron chi connectivity index (χ4n) is 2.30. The third kappa shape index (κ3) is 4.62. The van der Waals surface area contributed by atoms with E-state index in [1.165, 1.54) is 4.90 Å². The van der Waals surface area contributed by atoms with Crippen LogP contribution in [0.4, 0.5) is 8.78 Å². The van der Waals surface area contributed by atoms with Crippen LogP contribution in [0.25, 0.3) is 0 Å². The van der Waals surface area contributed by atoms with Gasteiger partial charge in [-0.15, -0.1) is 0 Å². The molecule has 1 N–H and O–H groups in total. The molecular weight excluding hydrogens is 332 g/mol. The Morgan fingerprint density at radius 2 is 2.00 bits per heavy atom. The Hall–Kier alpha value is -2.77. The molecule has 0 aliphatic rings. The van der Waals surface area contributed by atoms with Gasteiger partial charge >= 0.3 is 0 Å². The zero-order valence-electron chi connectivity index (χ0n) is 14.2. The SMILES string of the molecule is Cc1noc(C)c1CN(C)C(=O)CCNC(=O)c1ccc(F)cc1F. The highest BCUT2D eigenvalue weighted by Gasteiger charge is 2.16. The quantitative estimate of drug-likeness (QED) is 0.867. The fraction of sp³-hybridized carbons (Fsp3) is 0.353. The first-order valence-corrected chi connectivity index (χ1v) is 7.68. The van der Waals surface area contributed by atoms with Crippen LogP contribution in [0, 0.1) is 25.5 Å². The molecular formula is C17H19F2N3O3. The third-order valence-corrected chi connectivity index (χ3v) is 3.80. The fourth-order valence-corrected chi connectivity index (χ4v) is 2.30. The molecule has 6 nitrogen and oxygen atoms in total. The maximum absolute atomic E-state index is 13.5. The molecule has 0 radical (unpaired) electrons. The van der Waals surface area contributed by atoms with Gasteiger partial charge in [-0.2, -0.15) is 0 Å². The lowest BCUT2D eigenvalue weighted by molar-refractivity contribution is -0.130. The first-order valence-electron chi connectivity index (χ1n) is 7.68. The number of carbonyl (C=O) groups excluding carboxylic acids is 2. The van der Waals surface area contributed by atoms with Crippen molar-refractivity contribution in [3.8, 4) is 0 Å². The molecule has 0 aliphatic carbocycles. The number of hydrogen-bond donors (Lipinski definition) is 1. The van der Waals surface area contributed by atoms with Gasteiger partial charge in [0.1, 0.15) is 17.4 Å². The maximum Gasteiger partial charge on any atom is 0.254 e. The molecule has 1 heterocycles. The summed E-state index contributed by atoms with van der Waals surface area (Å²) >= 11 is 0. The highest BCUT2D eigenvalue weighted by Crippen LogP contribution is 2.14. The predicted octanol–water partition coefficient (Wildman–Crippen LogP) is 2.35. The van der Waals surface area contributed by atoms with Crippen molar-refractivity contribution in [3.05, 3.63) is 52.4 Å². The molecule has 0 bridgehead atoms. The molecule has 1 aromatic heterocycles. The summed E-state index contributed by atoms with van der Waals surface area (Å²) in [6.07, 6.45) is 0.0500. The maximum atomic E-state index is 13.5. The number of nitrogens with zero attached hydrogens (tertiary/aromatic N) is 2. The molecule has 0 fully saturated rings. The van der Waals surface area contributed by atoms with Crippen molar-refractivity contribution < 1.29 is 22.9 Å². The Balaban J connectivity index is 1.84. The molecule has 2 aromatic rings. The minimum absolute atomic E-state index is 0.0421. The Bertz CT molecular complexity index is 770. The molecule has 0 unspecified atom stereocenters. The molecule has 0 aliphatic heterocycles. The van der Waals surface area contributed by atoms with Crippen LogP contribution in [0.3, 0.4) is 0 Å². The molecule has 0 saturated carbocycles. The second-order valence-electron chi connectivity index (χ2n) is 5.68. The van der Waals surface area contributed by atoms with Gasteiger partial charge in [0.15, 0.2) is 0 Å². The molecule has 0 spiro atoms. The average Bonchev–Trinajstić information content (AvgIpc) is 2.86. The van der Waals surface area contributed by atoms with Gasteiger partial charge in [-0.25, -0.2) is 8.78 Å². The number of aryl methyl sites for hydroxylation is 2. The van der Waals surface area contributed by atoms with E-state index in [1.807, 2.05) is 0 Å². The van der Waals surface area contributed by atoms with E-state index in [9.17, 15) is 18.4 Å². The van der Waals surface area contributed by atoms with Crippen molar-refractivity contribution >= 4 is 11.8 Å². The van der Waals surface area contributed by atoms with Crippen molar-refractivity contribution in [2.45, 2.75) is 26.8 Å². The van der Waals surface area contributed by atoms with Gasteiger partial charge in [0.25, 0.3) is 5.91 Å². The number of aromatic nitrogens is 1. The second-order valence-corrected chi connectivity index (χ2v) is 5.68. The van der Waals surface area contributed by atoms with Gasteiger partial charge in [0.2, 0.25) is 5.91 Å². The largest absolute Gasteiger partial charge is 0.361 e. The standard InChI is InChI=1S/C17H19F2N3O3/c1-10-14(11(2)25-21-10)9-22(3)16(23)6-7-20-17(24)13-5-4-12(18)8-15(13)19/h4-5,8H,6-7,9H2,1-3H3,(H,20,24). The lowest BCUT2D eigenvalue weighted by Gasteiger charge is -2.17. The van der Waals surface area contributed by atoms with Gasteiger partial charge in [-0.05, 0) is 26.0 Å². The summed E-state index contributed by atoms with van der Waals surface area (Å²) in [6.45, 7) is 3.95. The molecule has 134 valence electrons. The third-order valence-electron chi connectivity index (χ3n) is 3.80. The van der Waals surface area contributed by atoms with Crippen LogP contribution in [-0.2, 0) is 11.3 Å². The van der Waals surface area contributed by atoms with Crippen LogP contribution in [0.5, 0.6) is 0 Å². The number of rotatable bonds is 6. The molecule has 0 atom stereocenters. The second kappa shape index (κ2) is 7.87. The van der Waals surface area contributed by atoms with Gasteiger partial charge < -0.3 is 14.7 Å². The first kappa shape index (κ1) is 18.6. The van der Waals surface area contributed by atoms with E-state index in [-0.39, 0.29) is 24.4 Å². The minimum Gasteiger partial charge on any atom is -0.361 e. The van der Waals surface area contributed by atoms with E-state index >= 15 is 0 Å². The van der Waals surface area contributed by atoms with Gasteiger partial charge in [-0.3, -0.25) is 9.59 Å². The Labute approximate surface area is 143 Å². The van der Waals surface area contributed by atoms with E-state index < -0.39 is 17.5 Å². The highest BCUT2D eigenvalue weighted by atomic mass is 19.1. The normalized spacial score (nSPS) is 10.6. The van der Waals surface area contributed by atoms with Gasteiger partial charge in [0, 0.05) is 31.6 Å². The lowest BCUT2D eigenvalue weighted by atomic mass is 10.2. The summed E-state index contributed by atoms with van der Waals surface area (Å²) in [5.74, 6) is -1.94. The number of nitrogens with one attached hydrogen (secondary N) is 1. The van der Waals surface area contributed by atoms with E-state index in [1.54, 1.807) is 20.9 Å². The number of benzene rings is 1. The number of carbonyl (C=O) groups is 2. The van der Waals surface area contributed by atoms with E-state index in [0.29, 0.717) is 18.4 Å².